The highest BCUT2D eigenvalue weighted by molar-refractivity contribution is 7.98. The number of carbonyl (C=O) groups is 1. The van der Waals surface area contributed by atoms with Crippen LogP contribution in [0.15, 0.2) is 46.0 Å². The molecule has 0 aliphatic heterocycles. The lowest BCUT2D eigenvalue weighted by atomic mass is 10.3. The molecule has 2 aromatic heterocycles. The Balaban J connectivity index is 1.79. The van der Waals surface area contributed by atoms with Crippen molar-refractivity contribution in [3.8, 4) is 0 Å². The van der Waals surface area contributed by atoms with E-state index in [1.54, 1.807) is 23.9 Å². The van der Waals surface area contributed by atoms with E-state index in [0.29, 0.717) is 5.75 Å². The fraction of sp³-hybridized carbons (Fsp3) is 0.250. The summed E-state index contributed by atoms with van der Waals surface area (Å²) in [7, 11) is 1.34. The first-order valence-corrected chi connectivity index (χ1v) is 7.96. The zero-order valence-corrected chi connectivity index (χ0v) is 13.2. The van der Waals surface area contributed by atoms with Gasteiger partial charge in [0.25, 0.3) is 0 Å². The Bertz CT molecular complexity index is 807. The van der Waals surface area contributed by atoms with E-state index in [9.17, 15) is 4.79 Å². The number of carbonyl (C=O) groups excluding carboxylic acids is 1. The topological polar surface area (TPSA) is 57.3 Å². The summed E-state index contributed by atoms with van der Waals surface area (Å²) in [6.07, 6.45) is 0. The van der Waals surface area contributed by atoms with Gasteiger partial charge < -0.3 is 13.7 Å². The molecule has 114 valence electrons. The number of aromatic nitrogens is 2. The number of methoxy groups -OCH3 is 1. The standard InChI is InChI=1S/C16H16N2O3S/c1-3-18-13-7-5-4-6-12(13)17-16(18)22-10-11-8-9-14(21-11)15(19)20-2/h4-9H,3,10H2,1-2H3. The Morgan fingerprint density at radius 1 is 1.32 bits per heavy atom. The molecule has 1 aromatic carbocycles. The van der Waals surface area contributed by atoms with Crippen LogP contribution in [0.4, 0.5) is 0 Å². The van der Waals surface area contributed by atoms with Gasteiger partial charge in [0.05, 0.1) is 23.9 Å². The number of rotatable bonds is 5. The first kappa shape index (κ1) is 14.7. The molecule has 0 N–H and O–H groups in total. The molecule has 0 aliphatic carbocycles. The van der Waals surface area contributed by atoms with Crippen molar-refractivity contribution in [2.75, 3.05) is 7.11 Å². The van der Waals surface area contributed by atoms with Gasteiger partial charge >= 0.3 is 5.97 Å². The smallest absolute Gasteiger partial charge is 0.373 e. The summed E-state index contributed by atoms with van der Waals surface area (Å²) < 4.78 is 12.3. The van der Waals surface area contributed by atoms with Gasteiger partial charge in [-0.25, -0.2) is 9.78 Å². The number of hydrogen-bond donors (Lipinski definition) is 0. The van der Waals surface area contributed by atoms with Gasteiger partial charge in [-0.3, -0.25) is 0 Å². The molecule has 0 bridgehead atoms. The van der Waals surface area contributed by atoms with E-state index in [4.69, 9.17) is 4.42 Å². The van der Waals surface area contributed by atoms with Gasteiger partial charge in [-0.1, -0.05) is 23.9 Å². The number of nitrogens with zero attached hydrogens (tertiary/aromatic N) is 2. The van der Waals surface area contributed by atoms with Crippen molar-refractivity contribution in [1.29, 1.82) is 0 Å². The summed E-state index contributed by atoms with van der Waals surface area (Å²) in [4.78, 5) is 16.0. The summed E-state index contributed by atoms with van der Waals surface area (Å²) in [6.45, 7) is 2.95. The lowest BCUT2D eigenvalue weighted by Gasteiger charge is -2.04. The summed E-state index contributed by atoms with van der Waals surface area (Å²) in [6, 6.07) is 11.5. The molecule has 0 saturated carbocycles. The average Bonchev–Trinajstić information content (AvgIpc) is 3.16. The van der Waals surface area contributed by atoms with Crippen LogP contribution in [0.3, 0.4) is 0 Å². The van der Waals surface area contributed by atoms with Crippen LogP contribution in [0.1, 0.15) is 23.2 Å². The quantitative estimate of drug-likeness (QED) is 0.530. The molecule has 0 saturated heterocycles. The zero-order valence-electron chi connectivity index (χ0n) is 12.4. The van der Waals surface area contributed by atoms with Gasteiger partial charge in [-0.05, 0) is 31.2 Å². The molecule has 0 spiro atoms. The molecule has 2 heterocycles. The summed E-state index contributed by atoms with van der Waals surface area (Å²) in [5, 5.41) is 0.944. The third-order valence-electron chi connectivity index (χ3n) is 3.33. The number of para-hydroxylation sites is 2. The number of thioether (sulfide) groups is 1. The van der Waals surface area contributed by atoms with Gasteiger partial charge in [-0.15, -0.1) is 0 Å². The Kier molecular flexibility index (Phi) is 4.20. The Morgan fingerprint density at radius 2 is 2.14 bits per heavy atom. The summed E-state index contributed by atoms with van der Waals surface area (Å²) >= 11 is 1.59. The predicted octanol–water partition coefficient (Wildman–Crippen LogP) is 3.73. The van der Waals surface area contributed by atoms with Crippen molar-refractivity contribution < 1.29 is 13.9 Å². The number of hydrogen-bond acceptors (Lipinski definition) is 5. The second-order valence-electron chi connectivity index (χ2n) is 4.67. The number of imidazole rings is 1. The lowest BCUT2D eigenvalue weighted by Crippen LogP contribution is -1.98. The third-order valence-corrected chi connectivity index (χ3v) is 4.33. The third kappa shape index (κ3) is 2.74. The molecule has 0 atom stereocenters. The second kappa shape index (κ2) is 6.27. The predicted molar refractivity (Wildman–Crippen MR) is 85.0 cm³/mol. The fourth-order valence-electron chi connectivity index (χ4n) is 2.27. The maximum Gasteiger partial charge on any atom is 0.373 e. The average molecular weight is 316 g/mol. The van der Waals surface area contributed by atoms with Crippen LogP contribution in [-0.4, -0.2) is 22.6 Å². The van der Waals surface area contributed by atoms with Crippen molar-refractivity contribution in [2.45, 2.75) is 24.4 Å². The molecule has 22 heavy (non-hydrogen) atoms. The van der Waals surface area contributed by atoms with Gasteiger partial charge in [0.15, 0.2) is 5.16 Å². The van der Waals surface area contributed by atoms with Gasteiger partial charge in [0, 0.05) is 6.54 Å². The number of furan rings is 1. The van der Waals surface area contributed by atoms with Crippen molar-refractivity contribution in [1.82, 2.24) is 9.55 Å². The van der Waals surface area contributed by atoms with Gasteiger partial charge in [0.2, 0.25) is 5.76 Å². The van der Waals surface area contributed by atoms with Gasteiger partial charge in [-0.2, -0.15) is 0 Å². The second-order valence-corrected chi connectivity index (χ2v) is 5.62. The molecular weight excluding hydrogens is 300 g/mol. The Labute approximate surface area is 132 Å². The molecule has 5 nitrogen and oxygen atoms in total. The molecule has 0 amide bonds. The maximum absolute atomic E-state index is 11.4. The van der Waals surface area contributed by atoms with Crippen LogP contribution in [0.2, 0.25) is 0 Å². The maximum atomic E-state index is 11.4. The van der Waals surface area contributed by atoms with Crippen LogP contribution < -0.4 is 0 Å². The first-order valence-electron chi connectivity index (χ1n) is 6.98. The normalized spacial score (nSPS) is 11.0. The highest BCUT2D eigenvalue weighted by Crippen LogP contribution is 2.27. The summed E-state index contributed by atoms with van der Waals surface area (Å²) in [5.41, 5.74) is 2.11. The van der Waals surface area contributed by atoms with E-state index < -0.39 is 5.97 Å². The molecule has 3 aromatic rings. The van der Waals surface area contributed by atoms with Crippen LogP contribution in [-0.2, 0) is 17.0 Å². The van der Waals surface area contributed by atoms with Crippen molar-refractivity contribution in [3.63, 3.8) is 0 Å². The van der Waals surface area contributed by atoms with Crippen LogP contribution in [0.25, 0.3) is 11.0 Å². The number of benzene rings is 1. The van der Waals surface area contributed by atoms with E-state index >= 15 is 0 Å². The molecule has 3 rings (SSSR count). The minimum absolute atomic E-state index is 0.224. The lowest BCUT2D eigenvalue weighted by molar-refractivity contribution is 0.0563. The number of ether oxygens (including phenoxy) is 1. The SMILES string of the molecule is CCn1c(SCc2ccc(C(=O)OC)o2)nc2ccccc21. The Morgan fingerprint density at radius 3 is 2.91 bits per heavy atom. The summed E-state index contributed by atoms with van der Waals surface area (Å²) in [5.74, 6) is 1.10. The number of aryl methyl sites for hydroxylation is 1. The molecule has 0 fully saturated rings. The first-order chi connectivity index (χ1) is 10.7. The largest absolute Gasteiger partial charge is 0.463 e. The van der Waals surface area contributed by atoms with E-state index in [1.807, 2.05) is 18.2 Å². The van der Waals surface area contributed by atoms with Crippen LogP contribution >= 0.6 is 11.8 Å². The molecule has 0 unspecified atom stereocenters. The fourth-order valence-corrected chi connectivity index (χ4v) is 3.24. The highest BCUT2D eigenvalue weighted by atomic mass is 32.2. The highest BCUT2D eigenvalue weighted by Gasteiger charge is 2.13. The minimum Gasteiger partial charge on any atom is -0.463 e. The van der Waals surface area contributed by atoms with Crippen molar-refractivity contribution >= 4 is 28.8 Å². The van der Waals surface area contributed by atoms with Crippen LogP contribution in [0, 0.1) is 0 Å². The van der Waals surface area contributed by atoms with Crippen molar-refractivity contribution in [2.24, 2.45) is 0 Å². The monoisotopic (exact) mass is 316 g/mol. The van der Waals surface area contributed by atoms with Crippen molar-refractivity contribution in [3.05, 3.63) is 47.9 Å². The Hall–Kier alpha value is -2.21. The van der Waals surface area contributed by atoms with E-state index in [1.165, 1.54) is 7.11 Å². The van der Waals surface area contributed by atoms with E-state index in [-0.39, 0.29) is 5.76 Å². The van der Waals surface area contributed by atoms with Gasteiger partial charge in [0.1, 0.15) is 5.76 Å². The minimum atomic E-state index is -0.461. The molecule has 0 radical (unpaired) electrons. The zero-order chi connectivity index (χ0) is 15.5. The molecular formula is C16H16N2O3S. The van der Waals surface area contributed by atoms with Crippen LogP contribution in [0.5, 0.6) is 0 Å². The molecule has 0 aliphatic rings. The molecule has 6 heteroatoms. The van der Waals surface area contributed by atoms with E-state index in [0.717, 1.165) is 28.5 Å². The number of fused-ring (bicyclic) bond motifs is 1. The number of esters is 1. The van der Waals surface area contributed by atoms with E-state index in [2.05, 4.69) is 27.3 Å².